The number of hydrogen-bond acceptors (Lipinski definition) is 6. The van der Waals surface area contributed by atoms with Gasteiger partial charge >= 0.3 is 5.97 Å². The topological polar surface area (TPSA) is 76.9 Å². The van der Waals surface area contributed by atoms with E-state index in [0.717, 1.165) is 38.2 Å². The van der Waals surface area contributed by atoms with E-state index in [-0.39, 0.29) is 17.9 Å². The number of anilines is 1. The normalized spacial score (nSPS) is 19.0. The van der Waals surface area contributed by atoms with Crippen LogP contribution in [0.2, 0.25) is 0 Å². The Labute approximate surface area is 160 Å². The molecule has 2 heterocycles. The Balaban J connectivity index is 1.50. The largest absolute Gasteiger partial charge is 0.465 e. The van der Waals surface area contributed by atoms with Gasteiger partial charge in [0.25, 0.3) is 0 Å². The number of nitriles is 1. The summed E-state index contributed by atoms with van der Waals surface area (Å²) in [6, 6.07) is 9.72. The first-order valence-corrected chi connectivity index (χ1v) is 9.53. The molecule has 0 aliphatic carbocycles. The fourth-order valence-corrected chi connectivity index (χ4v) is 3.82. The van der Waals surface area contributed by atoms with E-state index in [2.05, 4.69) is 15.9 Å². The third kappa shape index (κ3) is 4.77. The van der Waals surface area contributed by atoms with Gasteiger partial charge in [-0.1, -0.05) is 0 Å². The molecule has 0 unspecified atom stereocenters. The zero-order chi connectivity index (χ0) is 19.2. The fourth-order valence-electron chi connectivity index (χ4n) is 3.82. The molecular formula is C20H26N4O3. The van der Waals surface area contributed by atoms with Crippen LogP contribution in [0.15, 0.2) is 24.3 Å². The summed E-state index contributed by atoms with van der Waals surface area (Å²) in [6.45, 7) is 6.05. The lowest BCUT2D eigenvalue weighted by atomic mass is 10.0. The average Bonchev–Trinajstić information content (AvgIpc) is 2.69. The lowest BCUT2D eigenvalue weighted by molar-refractivity contribution is -0.145. The second kappa shape index (κ2) is 8.87. The van der Waals surface area contributed by atoms with E-state index in [9.17, 15) is 9.59 Å². The number of nitrogens with zero attached hydrogens (tertiary/aromatic N) is 4. The van der Waals surface area contributed by atoms with Gasteiger partial charge in [-0.15, -0.1) is 0 Å². The van der Waals surface area contributed by atoms with Crippen LogP contribution < -0.4 is 4.90 Å². The summed E-state index contributed by atoms with van der Waals surface area (Å²) in [4.78, 5) is 30.5. The van der Waals surface area contributed by atoms with Gasteiger partial charge in [0.05, 0.1) is 31.3 Å². The van der Waals surface area contributed by atoms with Crippen molar-refractivity contribution in [2.24, 2.45) is 0 Å². The van der Waals surface area contributed by atoms with Crippen LogP contribution in [-0.2, 0) is 14.3 Å². The van der Waals surface area contributed by atoms with E-state index in [1.54, 1.807) is 12.1 Å². The van der Waals surface area contributed by atoms with E-state index in [4.69, 9.17) is 10.00 Å². The number of carbonyl (C=O) groups is 2. The second-order valence-corrected chi connectivity index (χ2v) is 6.98. The van der Waals surface area contributed by atoms with Crippen molar-refractivity contribution in [1.29, 1.82) is 5.26 Å². The molecule has 0 aromatic heterocycles. The smallest absolute Gasteiger partial charge is 0.320 e. The summed E-state index contributed by atoms with van der Waals surface area (Å²) >= 11 is 0. The fraction of sp³-hybridized carbons (Fsp3) is 0.550. The molecule has 2 saturated heterocycles. The minimum absolute atomic E-state index is 0.148. The number of ether oxygens (including phenoxy) is 1. The predicted molar refractivity (Wildman–Crippen MR) is 101 cm³/mol. The van der Waals surface area contributed by atoms with E-state index in [1.165, 1.54) is 0 Å². The Hall–Kier alpha value is -2.59. The van der Waals surface area contributed by atoms with E-state index in [1.807, 2.05) is 24.0 Å². The van der Waals surface area contributed by atoms with Crippen LogP contribution in [0.5, 0.6) is 0 Å². The van der Waals surface area contributed by atoms with Crippen LogP contribution in [0.3, 0.4) is 0 Å². The number of rotatable bonds is 5. The van der Waals surface area contributed by atoms with Crippen molar-refractivity contribution < 1.29 is 14.3 Å². The zero-order valence-electron chi connectivity index (χ0n) is 15.8. The molecule has 1 amide bonds. The lowest BCUT2D eigenvalue weighted by Crippen LogP contribution is -2.56. The van der Waals surface area contributed by atoms with E-state index >= 15 is 0 Å². The summed E-state index contributed by atoms with van der Waals surface area (Å²) < 4.78 is 5.00. The Bertz CT molecular complexity index is 705. The van der Waals surface area contributed by atoms with Gasteiger partial charge < -0.3 is 14.5 Å². The van der Waals surface area contributed by atoms with Crippen LogP contribution in [0, 0.1) is 11.3 Å². The van der Waals surface area contributed by atoms with E-state index < -0.39 is 0 Å². The maximum Gasteiger partial charge on any atom is 0.320 e. The second-order valence-electron chi connectivity index (χ2n) is 6.98. The van der Waals surface area contributed by atoms with Crippen LogP contribution in [0.4, 0.5) is 5.69 Å². The molecule has 0 saturated carbocycles. The summed E-state index contributed by atoms with van der Waals surface area (Å²) in [5.41, 5.74) is 1.60. The van der Waals surface area contributed by atoms with Crippen molar-refractivity contribution in [2.45, 2.75) is 25.8 Å². The summed E-state index contributed by atoms with van der Waals surface area (Å²) in [6.07, 6.45) is 1.78. The third-order valence-electron chi connectivity index (χ3n) is 5.27. The van der Waals surface area contributed by atoms with Gasteiger partial charge in [-0.2, -0.15) is 5.26 Å². The number of carbonyl (C=O) groups excluding carboxylic acids is 2. The molecule has 7 heteroatoms. The standard InChI is InChI=1S/C20H26N4O3/c1-2-27-20(26)15-22-9-7-18(8-10-22)24-12-11-23(14-19(24)25)17-5-3-16(13-21)4-6-17/h3-6,18H,2,7-12,14-15H2,1H3. The molecule has 1 aromatic carbocycles. The highest BCUT2D eigenvalue weighted by atomic mass is 16.5. The highest BCUT2D eigenvalue weighted by Crippen LogP contribution is 2.22. The molecule has 27 heavy (non-hydrogen) atoms. The maximum atomic E-state index is 12.7. The first-order valence-electron chi connectivity index (χ1n) is 9.53. The summed E-state index contributed by atoms with van der Waals surface area (Å²) in [5.74, 6) is -0.0301. The van der Waals surface area contributed by atoms with Crippen molar-refractivity contribution in [2.75, 3.05) is 50.8 Å². The van der Waals surface area contributed by atoms with Crippen LogP contribution in [0.1, 0.15) is 25.3 Å². The molecule has 2 aliphatic rings. The maximum absolute atomic E-state index is 12.7. The molecule has 3 rings (SSSR count). The SMILES string of the molecule is CCOC(=O)CN1CCC(N2CCN(c3ccc(C#N)cc3)CC2=O)CC1. The first kappa shape index (κ1) is 19.2. The number of piperazine rings is 1. The summed E-state index contributed by atoms with van der Waals surface area (Å²) in [5, 5.41) is 8.90. The molecule has 7 nitrogen and oxygen atoms in total. The molecule has 0 radical (unpaired) electrons. The molecule has 2 aliphatic heterocycles. The molecule has 0 N–H and O–H groups in total. The number of hydrogen-bond donors (Lipinski definition) is 0. The molecule has 0 atom stereocenters. The van der Waals surface area contributed by atoms with Crippen LogP contribution in [-0.4, -0.2) is 73.6 Å². The Morgan fingerprint density at radius 2 is 1.89 bits per heavy atom. The van der Waals surface area contributed by atoms with Crippen molar-refractivity contribution in [3.8, 4) is 6.07 Å². The number of likely N-dealkylation sites (tertiary alicyclic amines) is 1. The Morgan fingerprint density at radius 3 is 2.48 bits per heavy atom. The minimum atomic E-state index is -0.178. The highest BCUT2D eigenvalue weighted by Gasteiger charge is 2.32. The van der Waals surface area contributed by atoms with Crippen molar-refractivity contribution in [3.63, 3.8) is 0 Å². The first-order chi connectivity index (χ1) is 13.1. The molecule has 0 spiro atoms. The Kier molecular flexibility index (Phi) is 6.30. The molecule has 2 fully saturated rings. The lowest BCUT2D eigenvalue weighted by Gasteiger charge is -2.43. The van der Waals surface area contributed by atoms with Gasteiger partial charge in [-0.25, -0.2) is 0 Å². The van der Waals surface area contributed by atoms with Crippen molar-refractivity contribution in [1.82, 2.24) is 9.80 Å². The minimum Gasteiger partial charge on any atom is -0.465 e. The quantitative estimate of drug-likeness (QED) is 0.726. The molecule has 0 bridgehead atoms. The molecule has 144 valence electrons. The van der Waals surface area contributed by atoms with Crippen molar-refractivity contribution in [3.05, 3.63) is 29.8 Å². The zero-order valence-corrected chi connectivity index (χ0v) is 15.8. The van der Waals surface area contributed by atoms with Crippen molar-refractivity contribution >= 4 is 17.6 Å². The summed E-state index contributed by atoms with van der Waals surface area (Å²) in [7, 11) is 0. The molecule has 1 aromatic rings. The van der Waals surface area contributed by atoms with Gasteiger partial charge in [0.1, 0.15) is 0 Å². The number of benzene rings is 1. The van der Waals surface area contributed by atoms with Gasteiger partial charge in [0.2, 0.25) is 5.91 Å². The number of amides is 1. The van der Waals surface area contributed by atoms with Crippen LogP contribution >= 0.6 is 0 Å². The Morgan fingerprint density at radius 1 is 1.19 bits per heavy atom. The number of esters is 1. The van der Waals surface area contributed by atoms with Gasteiger partial charge in [-0.05, 0) is 44.0 Å². The van der Waals surface area contributed by atoms with Gasteiger partial charge in [0, 0.05) is 37.9 Å². The predicted octanol–water partition coefficient (Wildman–Crippen LogP) is 1.23. The molecular weight excluding hydrogens is 344 g/mol. The van der Waals surface area contributed by atoms with E-state index in [0.29, 0.717) is 31.8 Å². The van der Waals surface area contributed by atoms with Gasteiger partial charge in [-0.3, -0.25) is 14.5 Å². The van der Waals surface area contributed by atoms with Gasteiger partial charge in [0.15, 0.2) is 0 Å². The third-order valence-corrected chi connectivity index (χ3v) is 5.27. The monoisotopic (exact) mass is 370 g/mol. The van der Waals surface area contributed by atoms with Crippen LogP contribution in [0.25, 0.3) is 0 Å². The average molecular weight is 370 g/mol. The number of piperidine rings is 1. The highest BCUT2D eigenvalue weighted by molar-refractivity contribution is 5.83.